The molecule has 0 aromatic heterocycles. The first-order chi connectivity index (χ1) is 7.82. The largest absolute Gasteiger partial charge is 0.456 e. The maximum absolute atomic E-state index is 11.7. The molecular weight excluding hydrogens is 226 g/mol. The number of hydrogen-bond donors (Lipinski definition) is 0. The quantitative estimate of drug-likeness (QED) is 0.673. The van der Waals surface area contributed by atoms with Gasteiger partial charge in [-0.2, -0.15) is 0 Å². The summed E-state index contributed by atoms with van der Waals surface area (Å²) in [5.74, 6) is -1.18. The van der Waals surface area contributed by atoms with Crippen LogP contribution >= 0.6 is 0 Å². The van der Waals surface area contributed by atoms with Gasteiger partial charge in [0.05, 0.1) is 6.42 Å². The topological polar surface area (TPSA) is 72.9 Å². The Morgan fingerprint density at radius 3 is 2.18 bits per heavy atom. The van der Waals surface area contributed by atoms with E-state index < -0.39 is 24.3 Å². The summed E-state index contributed by atoms with van der Waals surface area (Å²) < 4.78 is 10.1. The highest BCUT2D eigenvalue weighted by atomic mass is 16.6. The minimum absolute atomic E-state index is 0.0513. The molecule has 1 rings (SSSR count). The molecule has 1 saturated heterocycles. The standard InChI is InChI=1S/C11H17NO5/c1-6(2)12-10(15)5-9(16-7(3)13)11(12)17-8(4)14/h6,9,11H,5H2,1-4H3/t9-,11?/m0/s1. The molecule has 1 amide bonds. The van der Waals surface area contributed by atoms with Crippen molar-refractivity contribution in [2.75, 3.05) is 0 Å². The smallest absolute Gasteiger partial charge is 0.304 e. The molecule has 0 aliphatic carbocycles. The van der Waals surface area contributed by atoms with Gasteiger partial charge in [-0.1, -0.05) is 0 Å². The first kappa shape index (κ1) is 13.5. The van der Waals surface area contributed by atoms with Crippen LogP contribution < -0.4 is 0 Å². The van der Waals surface area contributed by atoms with Crippen molar-refractivity contribution in [2.24, 2.45) is 0 Å². The molecule has 96 valence electrons. The average Bonchev–Trinajstić information content (AvgIpc) is 2.40. The number of nitrogens with zero attached hydrogens (tertiary/aromatic N) is 1. The van der Waals surface area contributed by atoms with Gasteiger partial charge in [0.25, 0.3) is 0 Å². The molecule has 0 spiro atoms. The summed E-state index contributed by atoms with van der Waals surface area (Å²) in [5, 5.41) is 0. The van der Waals surface area contributed by atoms with Gasteiger partial charge in [-0.15, -0.1) is 0 Å². The van der Waals surface area contributed by atoms with Crippen molar-refractivity contribution < 1.29 is 23.9 Å². The van der Waals surface area contributed by atoms with E-state index >= 15 is 0 Å². The predicted octanol–water partition coefficient (Wildman–Crippen LogP) is 0.448. The van der Waals surface area contributed by atoms with Crippen LogP contribution in [0.2, 0.25) is 0 Å². The second kappa shape index (κ2) is 5.16. The zero-order chi connectivity index (χ0) is 13.2. The fourth-order valence-corrected chi connectivity index (χ4v) is 1.90. The normalized spacial score (nSPS) is 24.1. The van der Waals surface area contributed by atoms with E-state index in [-0.39, 0.29) is 18.4 Å². The van der Waals surface area contributed by atoms with Crippen LogP contribution in [0.4, 0.5) is 0 Å². The van der Waals surface area contributed by atoms with Gasteiger partial charge in [-0.05, 0) is 13.8 Å². The average molecular weight is 243 g/mol. The predicted molar refractivity (Wildman–Crippen MR) is 57.7 cm³/mol. The van der Waals surface area contributed by atoms with Crippen molar-refractivity contribution in [3.8, 4) is 0 Å². The van der Waals surface area contributed by atoms with Crippen LogP contribution in [0.3, 0.4) is 0 Å². The number of carbonyl (C=O) groups excluding carboxylic acids is 3. The molecule has 17 heavy (non-hydrogen) atoms. The molecule has 6 nitrogen and oxygen atoms in total. The van der Waals surface area contributed by atoms with Crippen LogP contribution in [0, 0.1) is 0 Å². The van der Waals surface area contributed by atoms with Crippen molar-refractivity contribution in [1.82, 2.24) is 4.90 Å². The van der Waals surface area contributed by atoms with E-state index in [1.165, 1.54) is 18.7 Å². The number of ether oxygens (including phenoxy) is 2. The first-order valence-electron chi connectivity index (χ1n) is 5.48. The third-order valence-corrected chi connectivity index (χ3v) is 2.42. The minimum Gasteiger partial charge on any atom is -0.456 e. The number of hydrogen-bond acceptors (Lipinski definition) is 5. The Morgan fingerprint density at radius 1 is 1.24 bits per heavy atom. The first-order valence-corrected chi connectivity index (χ1v) is 5.48. The lowest BCUT2D eigenvalue weighted by atomic mass is 10.3. The Hall–Kier alpha value is -1.59. The highest BCUT2D eigenvalue weighted by Gasteiger charge is 2.45. The Kier molecular flexibility index (Phi) is 4.09. The molecule has 0 bridgehead atoms. The van der Waals surface area contributed by atoms with Crippen LogP contribution in [0.5, 0.6) is 0 Å². The third kappa shape index (κ3) is 3.18. The fraction of sp³-hybridized carbons (Fsp3) is 0.727. The number of carbonyl (C=O) groups is 3. The summed E-state index contributed by atoms with van der Waals surface area (Å²) in [6.45, 7) is 6.13. The van der Waals surface area contributed by atoms with Crippen molar-refractivity contribution in [1.29, 1.82) is 0 Å². The van der Waals surface area contributed by atoms with Gasteiger partial charge in [0.15, 0.2) is 6.10 Å². The number of likely N-dealkylation sites (tertiary alicyclic amines) is 1. The van der Waals surface area contributed by atoms with Crippen LogP contribution in [-0.4, -0.2) is 41.1 Å². The lowest BCUT2D eigenvalue weighted by molar-refractivity contribution is -0.175. The summed E-state index contributed by atoms with van der Waals surface area (Å²) in [4.78, 5) is 35.1. The molecule has 2 atom stereocenters. The molecule has 1 fully saturated rings. The number of esters is 2. The lowest BCUT2D eigenvalue weighted by Gasteiger charge is -2.29. The summed E-state index contributed by atoms with van der Waals surface area (Å²) in [6, 6.07) is -0.118. The Bertz CT molecular complexity index is 339. The second-order valence-corrected chi connectivity index (χ2v) is 4.25. The maximum atomic E-state index is 11.7. The molecule has 1 aliphatic rings. The van der Waals surface area contributed by atoms with E-state index in [2.05, 4.69) is 0 Å². The van der Waals surface area contributed by atoms with Crippen molar-refractivity contribution in [3.05, 3.63) is 0 Å². The Morgan fingerprint density at radius 2 is 1.76 bits per heavy atom. The monoisotopic (exact) mass is 243 g/mol. The van der Waals surface area contributed by atoms with E-state index in [0.29, 0.717) is 0 Å². The van der Waals surface area contributed by atoms with Gasteiger partial charge < -0.3 is 14.4 Å². The highest BCUT2D eigenvalue weighted by Crippen LogP contribution is 2.25. The van der Waals surface area contributed by atoms with Crippen molar-refractivity contribution in [3.63, 3.8) is 0 Å². The fourth-order valence-electron chi connectivity index (χ4n) is 1.90. The minimum atomic E-state index is -0.816. The van der Waals surface area contributed by atoms with Crippen molar-refractivity contribution >= 4 is 17.8 Å². The summed E-state index contributed by atoms with van der Waals surface area (Å²) in [5.41, 5.74) is 0. The summed E-state index contributed by atoms with van der Waals surface area (Å²) >= 11 is 0. The molecule has 0 radical (unpaired) electrons. The number of rotatable bonds is 3. The summed E-state index contributed by atoms with van der Waals surface area (Å²) in [6.07, 6.45) is -1.48. The van der Waals surface area contributed by atoms with E-state index in [9.17, 15) is 14.4 Å². The van der Waals surface area contributed by atoms with Crippen LogP contribution in [0.25, 0.3) is 0 Å². The molecule has 6 heteroatoms. The van der Waals surface area contributed by atoms with Crippen LogP contribution in [0.1, 0.15) is 34.1 Å². The molecule has 0 aromatic carbocycles. The lowest BCUT2D eigenvalue weighted by Crippen LogP contribution is -2.45. The number of amides is 1. The summed E-state index contributed by atoms with van der Waals surface area (Å²) in [7, 11) is 0. The SMILES string of the molecule is CC(=O)OC1[C@@H](OC(C)=O)CC(=O)N1C(C)C. The zero-order valence-electron chi connectivity index (χ0n) is 10.4. The molecule has 0 aromatic rings. The van der Waals surface area contributed by atoms with Gasteiger partial charge in [0.1, 0.15) is 0 Å². The van der Waals surface area contributed by atoms with E-state index in [4.69, 9.17) is 9.47 Å². The van der Waals surface area contributed by atoms with Gasteiger partial charge in [0.2, 0.25) is 12.1 Å². The van der Waals surface area contributed by atoms with Crippen LogP contribution in [0.15, 0.2) is 0 Å². The van der Waals surface area contributed by atoms with E-state index in [1.807, 2.05) is 13.8 Å². The molecule has 1 unspecified atom stereocenters. The Balaban J connectivity index is 2.87. The third-order valence-electron chi connectivity index (χ3n) is 2.42. The van der Waals surface area contributed by atoms with Gasteiger partial charge in [-0.3, -0.25) is 14.4 Å². The van der Waals surface area contributed by atoms with E-state index in [0.717, 1.165) is 0 Å². The molecule has 0 saturated carbocycles. The van der Waals surface area contributed by atoms with Gasteiger partial charge >= 0.3 is 11.9 Å². The molecule has 1 heterocycles. The maximum Gasteiger partial charge on any atom is 0.304 e. The van der Waals surface area contributed by atoms with Gasteiger partial charge in [-0.25, -0.2) is 0 Å². The zero-order valence-corrected chi connectivity index (χ0v) is 10.4. The van der Waals surface area contributed by atoms with E-state index in [1.54, 1.807) is 0 Å². The molecular formula is C11H17NO5. The Labute approximate surface area is 99.9 Å². The second-order valence-electron chi connectivity index (χ2n) is 4.25. The molecule has 0 N–H and O–H groups in total. The van der Waals surface area contributed by atoms with Gasteiger partial charge in [0, 0.05) is 19.9 Å². The highest BCUT2D eigenvalue weighted by molar-refractivity contribution is 5.81. The van der Waals surface area contributed by atoms with Crippen molar-refractivity contribution in [2.45, 2.75) is 52.5 Å². The molecule has 1 aliphatic heterocycles. The van der Waals surface area contributed by atoms with Crippen LogP contribution in [-0.2, 0) is 23.9 Å².